The van der Waals surface area contributed by atoms with Crippen LogP contribution in [0.2, 0.25) is 5.15 Å². The molecule has 134 valence electrons. The fourth-order valence-electron chi connectivity index (χ4n) is 2.24. The molecule has 2 heterocycles. The summed E-state index contributed by atoms with van der Waals surface area (Å²) in [4.78, 5) is 16.9. The molecule has 3 rings (SSSR count). The minimum absolute atomic E-state index is 0.108. The SMILES string of the molecule is CCOC(=O)c1cc(Sc2ccc(Cl)nc2)n(-c2cc(C)ccc2F)n1. The molecule has 0 saturated heterocycles. The average Bonchev–Trinajstić information content (AvgIpc) is 3.03. The summed E-state index contributed by atoms with van der Waals surface area (Å²) >= 11 is 7.11. The summed E-state index contributed by atoms with van der Waals surface area (Å²) in [6, 6.07) is 9.72. The maximum absolute atomic E-state index is 14.4. The quantitative estimate of drug-likeness (QED) is 0.466. The summed E-state index contributed by atoms with van der Waals surface area (Å²) in [6.07, 6.45) is 1.60. The molecule has 0 spiro atoms. The second kappa shape index (κ2) is 7.88. The lowest BCUT2D eigenvalue weighted by Crippen LogP contribution is -2.07. The van der Waals surface area contributed by atoms with Crippen LogP contribution in [0.25, 0.3) is 5.69 Å². The van der Waals surface area contributed by atoms with Crippen LogP contribution < -0.4 is 0 Å². The molecular formula is C18H15ClFN3O2S. The van der Waals surface area contributed by atoms with Crippen molar-refractivity contribution in [2.75, 3.05) is 6.61 Å². The molecule has 3 aromatic rings. The third-order valence-corrected chi connectivity index (χ3v) is 4.61. The molecule has 0 aliphatic heterocycles. The van der Waals surface area contributed by atoms with E-state index in [-0.39, 0.29) is 18.0 Å². The topological polar surface area (TPSA) is 57.0 Å². The van der Waals surface area contributed by atoms with Gasteiger partial charge >= 0.3 is 5.97 Å². The maximum Gasteiger partial charge on any atom is 0.358 e. The zero-order valence-electron chi connectivity index (χ0n) is 14.1. The molecule has 0 saturated carbocycles. The van der Waals surface area contributed by atoms with Crippen molar-refractivity contribution < 1.29 is 13.9 Å². The molecule has 5 nitrogen and oxygen atoms in total. The Morgan fingerprint density at radius 3 is 2.81 bits per heavy atom. The molecule has 26 heavy (non-hydrogen) atoms. The number of ether oxygens (including phenoxy) is 1. The minimum atomic E-state index is -0.560. The Bertz CT molecular complexity index is 944. The van der Waals surface area contributed by atoms with Crippen molar-refractivity contribution >= 4 is 29.3 Å². The molecule has 0 atom stereocenters. The lowest BCUT2D eigenvalue weighted by atomic mass is 10.2. The number of hydrogen-bond donors (Lipinski definition) is 0. The molecule has 0 aliphatic carbocycles. The van der Waals surface area contributed by atoms with Gasteiger partial charge in [-0.15, -0.1) is 0 Å². The van der Waals surface area contributed by atoms with Crippen LogP contribution in [0.3, 0.4) is 0 Å². The Labute approximate surface area is 159 Å². The summed E-state index contributed by atoms with van der Waals surface area (Å²) in [5.41, 5.74) is 1.24. The van der Waals surface area contributed by atoms with Gasteiger partial charge in [-0.25, -0.2) is 18.9 Å². The number of halogens is 2. The van der Waals surface area contributed by atoms with Crippen LogP contribution in [-0.2, 0) is 4.74 Å². The summed E-state index contributed by atoms with van der Waals surface area (Å²) < 4.78 is 20.8. The summed E-state index contributed by atoms with van der Waals surface area (Å²) in [6.45, 7) is 3.80. The minimum Gasteiger partial charge on any atom is -0.461 e. The second-order valence-corrected chi connectivity index (χ2v) is 6.85. The number of hydrogen-bond acceptors (Lipinski definition) is 5. The van der Waals surface area contributed by atoms with Crippen molar-refractivity contribution in [2.24, 2.45) is 0 Å². The second-order valence-electron chi connectivity index (χ2n) is 5.37. The largest absolute Gasteiger partial charge is 0.461 e. The van der Waals surface area contributed by atoms with Crippen LogP contribution in [0, 0.1) is 12.7 Å². The maximum atomic E-state index is 14.4. The molecule has 8 heteroatoms. The van der Waals surface area contributed by atoms with Gasteiger partial charge in [0.2, 0.25) is 0 Å². The van der Waals surface area contributed by atoms with Gasteiger partial charge in [0, 0.05) is 17.2 Å². The zero-order valence-corrected chi connectivity index (χ0v) is 15.6. The first-order chi connectivity index (χ1) is 12.5. The lowest BCUT2D eigenvalue weighted by Gasteiger charge is -2.09. The normalized spacial score (nSPS) is 10.8. The standard InChI is InChI=1S/C18H15ClFN3O2S/c1-3-25-18(24)14-9-17(26-12-5-7-16(19)21-10-12)23(22-14)15-8-11(2)4-6-13(15)20/h4-10H,3H2,1-2H3. The van der Waals surface area contributed by atoms with E-state index < -0.39 is 11.8 Å². The third-order valence-electron chi connectivity index (χ3n) is 3.41. The van der Waals surface area contributed by atoms with Gasteiger partial charge in [-0.2, -0.15) is 5.10 Å². The number of pyridine rings is 1. The van der Waals surface area contributed by atoms with Crippen molar-refractivity contribution in [2.45, 2.75) is 23.8 Å². The molecule has 0 fully saturated rings. The van der Waals surface area contributed by atoms with Crippen molar-refractivity contribution in [3.05, 3.63) is 64.8 Å². The number of nitrogens with zero attached hydrogens (tertiary/aromatic N) is 3. The molecular weight excluding hydrogens is 377 g/mol. The van der Waals surface area contributed by atoms with E-state index in [1.54, 1.807) is 43.5 Å². The molecule has 0 N–H and O–H groups in total. The fraction of sp³-hybridized carbons (Fsp3) is 0.167. The van der Waals surface area contributed by atoms with Gasteiger partial charge in [0.15, 0.2) is 5.69 Å². The number of carbonyl (C=O) groups excluding carboxylic acids is 1. The summed E-state index contributed by atoms with van der Waals surface area (Å²) in [5.74, 6) is -0.999. The van der Waals surface area contributed by atoms with Gasteiger partial charge in [-0.1, -0.05) is 29.4 Å². The molecule has 2 aromatic heterocycles. The molecule has 0 amide bonds. The Kier molecular flexibility index (Phi) is 5.58. The number of aryl methyl sites for hydroxylation is 1. The van der Waals surface area contributed by atoms with Gasteiger partial charge in [-0.05, 0) is 43.7 Å². The molecule has 0 bridgehead atoms. The predicted molar refractivity (Wildman–Crippen MR) is 97.6 cm³/mol. The van der Waals surface area contributed by atoms with Gasteiger partial charge < -0.3 is 4.74 Å². The summed E-state index contributed by atoms with van der Waals surface area (Å²) in [5, 5.41) is 5.18. The molecule has 0 unspecified atom stereocenters. The number of benzene rings is 1. The fourth-order valence-corrected chi connectivity index (χ4v) is 3.23. The van der Waals surface area contributed by atoms with Crippen molar-refractivity contribution in [3.8, 4) is 5.69 Å². The number of aromatic nitrogens is 3. The van der Waals surface area contributed by atoms with Gasteiger partial charge in [0.1, 0.15) is 21.7 Å². The molecule has 1 aromatic carbocycles. The van der Waals surface area contributed by atoms with E-state index in [4.69, 9.17) is 16.3 Å². The highest BCUT2D eigenvalue weighted by Crippen LogP contribution is 2.31. The van der Waals surface area contributed by atoms with E-state index in [1.165, 1.54) is 22.5 Å². The van der Waals surface area contributed by atoms with E-state index in [0.717, 1.165) is 10.5 Å². The third kappa shape index (κ3) is 4.05. The van der Waals surface area contributed by atoms with Crippen molar-refractivity contribution in [1.82, 2.24) is 14.8 Å². The highest BCUT2D eigenvalue weighted by molar-refractivity contribution is 7.99. The first kappa shape index (κ1) is 18.4. The smallest absolute Gasteiger partial charge is 0.358 e. The molecule has 0 aliphatic rings. The highest BCUT2D eigenvalue weighted by Gasteiger charge is 2.19. The average molecular weight is 392 g/mol. The van der Waals surface area contributed by atoms with Gasteiger partial charge in [0.05, 0.1) is 6.61 Å². The van der Waals surface area contributed by atoms with Crippen LogP contribution in [0.1, 0.15) is 23.0 Å². The van der Waals surface area contributed by atoms with E-state index in [9.17, 15) is 9.18 Å². The Balaban J connectivity index is 2.07. The first-order valence-corrected chi connectivity index (χ1v) is 9.00. The van der Waals surface area contributed by atoms with Crippen LogP contribution in [0.4, 0.5) is 4.39 Å². The Morgan fingerprint density at radius 1 is 1.31 bits per heavy atom. The number of carbonyl (C=O) groups is 1. The number of esters is 1. The van der Waals surface area contributed by atoms with E-state index in [1.807, 2.05) is 6.92 Å². The van der Waals surface area contributed by atoms with Crippen LogP contribution >= 0.6 is 23.4 Å². The lowest BCUT2D eigenvalue weighted by molar-refractivity contribution is 0.0519. The van der Waals surface area contributed by atoms with E-state index >= 15 is 0 Å². The zero-order chi connectivity index (χ0) is 18.7. The summed E-state index contributed by atoms with van der Waals surface area (Å²) in [7, 11) is 0. The van der Waals surface area contributed by atoms with Crippen molar-refractivity contribution in [3.63, 3.8) is 0 Å². The molecule has 0 radical (unpaired) electrons. The Hall–Kier alpha value is -2.38. The van der Waals surface area contributed by atoms with E-state index in [0.29, 0.717) is 10.2 Å². The van der Waals surface area contributed by atoms with Gasteiger partial charge in [0.25, 0.3) is 0 Å². The monoisotopic (exact) mass is 391 g/mol. The first-order valence-electron chi connectivity index (χ1n) is 7.81. The number of rotatable bonds is 5. The highest BCUT2D eigenvalue weighted by atomic mass is 35.5. The van der Waals surface area contributed by atoms with Crippen LogP contribution in [0.15, 0.2) is 52.5 Å². The van der Waals surface area contributed by atoms with Crippen molar-refractivity contribution in [1.29, 1.82) is 0 Å². The predicted octanol–water partition coefficient (Wildman–Crippen LogP) is 4.70. The Morgan fingerprint density at radius 2 is 2.12 bits per heavy atom. The van der Waals surface area contributed by atoms with Crippen LogP contribution in [0.5, 0.6) is 0 Å². The van der Waals surface area contributed by atoms with Crippen LogP contribution in [-0.4, -0.2) is 27.3 Å². The van der Waals surface area contributed by atoms with E-state index in [2.05, 4.69) is 10.1 Å². The van der Waals surface area contributed by atoms with Gasteiger partial charge in [-0.3, -0.25) is 0 Å².